The van der Waals surface area contributed by atoms with E-state index in [4.69, 9.17) is 5.11 Å². The second kappa shape index (κ2) is 4.37. The first-order valence-electron chi connectivity index (χ1n) is 4.86. The van der Waals surface area contributed by atoms with Gasteiger partial charge >= 0.3 is 11.9 Å². The third kappa shape index (κ3) is 2.00. The average Bonchev–Trinajstić information content (AvgIpc) is 2.28. The molecule has 17 heavy (non-hydrogen) atoms. The SMILES string of the molecule is CCC(O)(c1ccccc1F)C(F)(F)C(=O)O. The largest absolute Gasteiger partial charge is 0.477 e. The molecule has 2 N–H and O–H groups in total. The number of rotatable bonds is 4. The molecule has 1 aromatic rings. The van der Waals surface area contributed by atoms with Crippen LogP contribution in [0.5, 0.6) is 0 Å². The Bertz CT molecular complexity index is 434. The Kier molecular flexibility index (Phi) is 3.47. The molecule has 0 aliphatic carbocycles. The molecule has 1 unspecified atom stereocenters. The summed E-state index contributed by atoms with van der Waals surface area (Å²) in [5, 5.41) is 18.2. The van der Waals surface area contributed by atoms with Crippen molar-refractivity contribution in [1.82, 2.24) is 0 Å². The third-order valence-corrected chi connectivity index (χ3v) is 2.62. The van der Waals surface area contributed by atoms with Gasteiger partial charge in [-0.25, -0.2) is 9.18 Å². The van der Waals surface area contributed by atoms with E-state index >= 15 is 0 Å². The van der Waals surface area contributed by atoms with Crippen molar-refractivity contribution in [2.45, 2.75) is 24.9 Å². The summed E-state index contributed by atoms with van der Waals surface area (Å²) >= 11 is 0. The molecule has 0 spiro atoms. The van der Waals surface area contributed by atoms with Gasteiger partial charge in [-0.1, -0.05) is 25.1 Å². The van der Waals surface area contributed by atoms with Crippen LogP contribution in [0, 0.1) is 5.82 Å². The smallest absolute Gasteiger partial charge is 0.378 e. The van der Waals surface area contributed by atoms with Gasteiger partial charge in [0.2, 0.25) is 0 Å². The summed E-state index contributed by atoms with van der Waals surface area (Å²) in [5.74, 6) is -8.04. The topological polar surface area (TPSA) is 57.5 Å². The monoisotopic (exact) mass is 248 g/mol. The third-order valence-electron chi connectivity index (χ3n) is 2.62. The quantitative estimate of drug-likeness (QED) is 0.858. The standard InChI is InChI=1S/C11H11F3O3/c1-2-10(17,11(13,14)9(15)16)7-5-3-4-6-8(7)12/h3-6,17H,2H2,1H3,(H,15,16). The molecule has 94 valence electrons. The summed E-state index contributed by atoms with van der Waals surface area (Å²) in [6.07, 6.45) is -0.632. The first kappa shape index (κ1) is 13.5. The van der Waals surface area contributed by atoms with Crippen LogP contribution in [0.15, 0.2) is 24.3 Å². The van der Waals surface area contributed by atoms with E-state index in [0.717, 1.165) is 19.1 Å². The molecule has 0 saturated heterocycles. The molecule has 0 aromatic heterocycles. The van der Waals surface area contributed by atoms with E-state index in [1.165, 1.54) is 12.1 Å². The predicted molar refractivity (Wildman–Crippen MR) is 53.2 cm³/mol. The highest BCUT2D eigenvalue weighted by atomic mass is 19.3. The van der Waals surface area contributed by atoms with E-state index in [1.807, 2.05) is 0 Å². The molecule has 0 heterocycles. The van der Waals surface area contributed by atoms with Gasteiger partial charge in [-0.2, -0.15) is 8.78 Å². The fourth-order valence-corrected chi connectivity index (χ4v) is 1.56. The molecule has 1 aromatic carbocycles. The number of alkyl halides is 2. The zero-order valence-electron chi connectivity index (χ0n) is 8.95. The van der Waals surface area contributed by atoms with E-state index in [0.29, 0.717) is 0 Å². The molecule has 0 aliphatic rings. The number of carbonyl (C=O) groups is 1. The first-order valence-corrected chi connectivity index (χ1v) is 4.86. The van der Waals surface area contributed by atoms with Gasteiger partial charge in [-0.3, -0.25) is 0 Å². The second-order valence-corrected chi connectivity index (χ2v) is 3.57. The van der Waals surface area contributed by atoms with Crippen LogP contribution in [-0.4, -0.2) is 22.1 Å². The van der Waals surface area contributed by atoms with Crippen molar-refractivity contribution < 1.29 is 28.2 Å². The van der Waals surface area contributed by atoms with Crippen LogP contribution in [0.1, 0.15) is 18.9 Å². The lowest BCUT2D eigenvalue weighted by atomic mass is 9.84. The molecule has 0 bridgehead atoms. The van der Waals surface area contributed by atoms with Crippen LogP contribution in [0.2, 0.25) is 0 Å². The maximum atomic E-state index is 13.4. The minimum absolute atomic E-state index is 0.632. The number of aliphatic hydroxyl groups is 1. The van der Waals surface area contributed by atoms with Gasteiger partial charge in [0, 0.05) is 5.56 Å². The summed E-state index contributed by atoms with van der Waals surface area (Å²) < 4.78 is 40.3. The van der Waals surface area contributed by atoms with E-state index in [9.17, 15) is 23.1 Å². The van der Waals surface area contributed by atoms with Crippen molar-refractivity contribution >= 4 is 5.97 Å². The van der Waals surface area contributed by atoms with Crippen LogP contribution in [0.3, 0.4) is 0 Å². The molecular weight excluding hydrogens is 237 g/mol. The highest BCUT2D eigenvalue weighted by Crippen LogP contribution is 2.41. The van der Waals surface area contributed by atoms with Crippen molar-refractivity contribution in [3.63, 3.8) is 0 Å². The Labute approximate surface area is 95.5 Å². The van der Waals surface area contributed by atoms with Crippen LogP contribution in [0.4, 0.5) is 13.2 Å². The summed E-state index contributed by atoms with van der Waals surface area (Å²) in [5.41, 5.74) is -3.79. The maximum Gasteiger partial charge on any atom is 0.378 e. The van der Waals surface area contributed by atoms with Gasteiger partial charge in [0.1, 0.15) is 5.82 Å². The summed E-state index contributed by atoms with van der Waals surface area (Å²) in [6.45, 7) is 1.16. The van der Waals surface area contributed by atoms with Gasteiger partial charge in [-0.15, -0.1) is 0 Å². The Morgan fingerprint density at radius 1 is 1.35 bits per heavy atom. The normalized spacial score (nSPS) is 15.4. The van der Waals surface area contributed by atoms with Crippen LogP contribution in [0.25, 0.3) is 0 Å². The van der Waals surface area contributed by atoms with E-state index in [2.05, 4.69) is 0 Å². The van der Waals surface area contributed by atoms with Gasteiger partial charge in [0.15, 0.2) is 5.60 Å². The molecule has 0 aliphatic heterocycles. The Hall–Kier alpha value is -1.56. The summed E-state index contributed by atoms with van der Waals surface area (Å²) in [6, 6.07) is 4.33. The zero-order valence-corrected chi connectivity index (χ0v) is 8.95. The minimum atomic E-state index is -4.47. The molecule has 0 radical (unpaired) electrons. The minimum Gasteiger partial charge on any atom is -0.477 e. The van der Waals surface area contributed by atoms with Crippen LogP contribution < -0.4 is 0 Å². The first-order chi connectivity index (χ1) is 7.77. The molecule has 0 fully saturated rings. The number of hydrogen-bond acceptors (Lipinski definition) is 2. The second-order valence-electron chi connectivity index (χ2n) is 3.57. The van der Waals surface area contributed by atoms with Gasteiger partial charge in [-0.05, 0) is 12.5 Å². The highest BCUT2D eigenvalue weighted by molar-refractivity contribution is 5.77. The number of halogens is 3. The van der Waals surface area contributed by atoms with E-state index in [-0.39, 0.29) is 0 Å². The van der Waals surface area contributed by atoms with Gasteiger partial charge < -0.3 is 10.2 Å². The predicted octanol–water partition coefficient (Wildman–Crippen LogP) is 2.14. The Balaban J connectivity index is 3.41. The molecule has 0 amide bonds. The summed E-state index contributed by atoms with van der Waals surface area (Å²) in [4.78, 5) is 10.5. The van der Waals surface area contributed by atoms with Crippen molar-refractivity contribution in [2.24, 2.45) is 0 Å². The van der Waals surface area contributed by atoms with Gasteiger partial charge in [0.25, 0.3) is 0 Å². The lowest BCUT2D eigenvalue weighted by Gasteiger charge is -2.32. The number of hydrogen-bond donors (Lipinski definition) is 2. The number of benzene rings is 1. The molecule has 1 rings (SSSR count). The maximum absolute atomic E-state index is 13.4. The molecular formula is C11H11F3O3. The van der Waals surface area contributed by atoms with Crippen LogP contribution >= 0.6 is 0 Å². The fourth-order valence-electron chi connectivity index (χ4n) is 1.56. The van der Waals surface area contributed by atoms with E-state index in [1.54, 1.807) is 0 Å². The van der Waals surface area contributed by atoms with Crippen molar-refractivity contribution in [3.8, 4) is 0 Å². The molecule has 1 atom stereocenters. The number of aliphatic carboxylic acids is 1. The molecule has 3 nitrogen and oxygen atoms in total. The lowest BCUT2D eigenvalue weighted by Crippen LogP contribution is -2.51. The van der Waals surface area contributed by atoms with Crippen molar-refractivity contribution in [2.75, 3.05) is 0 Å². The fraction of sp³-hybridized carbons (Fsp3) is 0.364. The number of carboxylic acid groups (broad SMARTS) is 1. The Morgan fingerprint density at radius 3 is 2.29 bits per heavy atom. The molecule has 0 saturated carbocycles. The zero-order chi connectivity index (χ0) is 13.3. The lowest BCUT2D eigenvalue weighted by molar-refractivity contribution is -0.214. The Morgan fingerprint density at radius 2 is 1.88 bits per heavy atom. The molecule has 6 heteroatoms. The average molecular weight is 248 g/mol. The van der Waals surface area contributed by atoms with Crippen molar-refractivity contribution in [1.29, 1.82) is 0 Å². The number of carboxylic acids is 1. The highest BCUT2D eigenvalue weighted by Gasteiger charge is 2.59. The van der Waals surface area contributed by atoms with Crippen molar-refractivity contribution in [3.05, 3.63) is 35.6 Å². The van der Waals surface area contributed by atoms with Crippen LogP contribution in [-0.2, 0) is 10.4 Å². The van der Waals surface area contributed by atoms with E-state index < -0.39 is 35.3 Å². The van der Waals surface area contributed by atoms with Gasteiger partial charge in [0.05, 0.1) is 0 Å². The summed E-state index contributed by atoms with van der Waals surface area (Å²) in [7, 11) is 0.